The van der Waals surface area contributed by atoms with Gasteiger partial charge >= 0.3 is 0 Å². The Bertz CT molecular complexity index is 981. The monoisotopic (exact) mass is 385 g/mol. The van der Waals surface area contributed by atoms with E-state index < -0.39 is 0 Å². The van der Waals surface area contributed by atoms with E-state index >= 15 is 0 Å². The average molecular weight is 385 g/mol. The molecule has 1 aliphatic rings. The Balaban J connectivity index is 1.38. The third-order valence-electron chi connectivity index (χ3n) is 4.70. The predicted octanol–water partition coefficient (Wildman–Crippen LogP) is 2.05. The Hall–Kier alpha value is -2.55. The van der Waals surface area contributed by atoms with Crippen LogP contribution in [0.4, 0.5) is 5.82 Å². The van der Waals surface area contributed by atoms with Crippen molar-refractivity contribution >= 4 is 28.7 Å². The quantitative estimate of drug-likeness (QED) is 0.739. The standard InChI is InChI=1S/C18H23N7OS/c1-11-15(27-10-20-11)16(26)19-7-12-8-24(9-12)14-6-5-13-21-22-17(18(2,3)4)25(13)23-14/h5-6,10,12H,7-9H2,1-4H3,(H,19,26). The fraction of sp³-hybridized carbons (Fsp3) is 0.500. The maximum absolute atomic E-state index is 12.2. The van der Waals surface area contributed by atoms with Crippen LogP contribution in [0.5, 0.6) is 0 Å². The number of amides is 1. The van der Waals surface area contributed by atoms with Gasteiger partial charge in [0, 0.05) is 31.0 Å². The van der Waals surface area contributed by atoms with Gasteiger partial charge in [0.1, 0.15) is 10.7 Å². The summed E-state index contributed by atoms with van der Waals surface area (Å²) < 4.78 is 1.83. The van der Waals surface area contributed by atoms with Gasteiger partial charge < -0.3 is 10.2 Å². The Morgan fingerprint density at radius 1 is 1.30 bits per heavy atom. The first kappa shape index (κ1) is 17.8. The van der Waals surface area contributed by atoms with Crippen LogP contribution in [0.3, 0.4) is 0 Å². The van der Waals surface area contributed by atoms with Gasteiger partial charge in [-0.2, -0.15) is 4.52 Å². The highest BCUT2D eigenvalue weighted by atomic mass is 32.1. The Morgan fingerprint density at radius 2 is 2.07 bits per heavy atom. The largest absolute Gasteiger partial charge is 0.354 e. The van der Waals surface area contributed by atoms with Gasteiger partial charge in [0.15, 0.2) is 11.5 Å². The molecule has 142 valence electrons. The SMILES string of the molecule is Cc1ncsc1C(=O)NCC1CN(c2ccc3nnc(C(C)(C)C)n3n2)C1. The highest BCUT2D eigenvalue weighted by molar-refractivity contribution is 7.11. The van der Waals surface area contributed by atoms with E-state index in [2.05, 4.69) is 46.2 Å². The van der Waals surface area contributed by atoms with Crippen LogP contribution in [0.15, 0.2) is 17.6 Å². The molecule has 1 amide bonds. The number of carbonyl (C=O) groups is 1. The number of thiazole rings is 1. The van der Waals surface area contributed by atoms with Crippen molar-refractivity contribution in [2.75, 3.05) is 24.5 Å². The van der Waals surface area contributed by atoms with Crippen molar-refractivity contribution in [1.82, 2.24) is 30.1 Å². The lowest BCUT2D eigenvalue weighted by molar-refractivity contribution is 0.0947. The van der Waals surface area contributed by atoms with E-state index in [1.54, 1.807) is 5.51 Å². The summed E-state index contributed by atoms with van der Waals surface area (Å²) in [6.45, 7) is 10.6. The second kappa shape index (κ2) is 6.56. The molecule has 4 heterocycles. The van der Waals surface area contributed by atoms with E-state index in [-0.39, 0.29) is 11.3 Å². The van der Waals surface area contributed by atoms with Gasteiger partial charge in [0.2, 0.25) is 0 Å². The van der Waals surface area contributed by atoms with Crippen LogP contribution in [0.1, 0.15) is 42.0 Å². The third-order valence-corrected chi connectivity index (χ3v) is 5.63. The third kappa shape index (κ3) is 3.39. The lowest BCUT2D eigenvalue weighted by Gasteiger charge is -2.40. The highest BCUT2D eigenvalue weighted by Crippen LogP contribution is 2.25. The zero-order chi connectivity index (χ0) is 19.2. The number of hydrogen-bond acceptors (Lipinski definition) is 7. The Kier molecular flexibility index (Phi) is 4.33. The molecule has 0 spiro atoms. The van der Waals surface area contributed by atoms with Crippen LogP contribution in [-0.4, -0.2) is 50.3 Å². The molecular formula is C18H23N7OS. The molecule has 0 atom stereocenters. The van der Waals surface area contributed by atoms with Gasteiger partial charge in [0.25, 0.3) is 5.91 Å². The number of nitrogens with one attached hydrogen (secondary N) is 1. The molecule has 27 heavy (non-hydrogen) atoms. The molecule has 3 aromatic heterocycles. The van der Waals surface area contributed by atoms with Gasteiger partial charge in [-0.1, -0.05) is 20.8 Å². The van der Waals surface area contributed by atoms with E-state index in [0.29, 0.717) is 17.3 Å². The zero-order valence-electron chi connectivity index (χ0n) is 15.9. The minimum Gasteiger partial charge on any atom is -0.354 e. The number of aromatic nitrogens is 5. The summed E-state index contributed by atoms with van der Waals surface area (Å²) >= 11 is 1.38. The molecule has 0 unspecified atom stereocenters. The summed E-state index contributed by atoms with van der Waals surface area (Å²) in [5.74, 6) is 2.15. The maximum Gasteiger partial charge on any atom is 0.263 e. The first-order valence-electron chi connectivity index (χ1n) is 8.99. The van der Waals surface area contributed by atoms with E-state index in [1.165, 1.54) is 11.3 Å². The summed E-state index contributed by atoms with van der Waals surface area (Å²) in [6.07, 6.45) is 0. The number of anilines is 1. The minimum atomic E-state index is -0.123. The summed E-state index contributed by atoms with van der Waals surface area (Å²) in [4.78, 5) is 19.2. The molecule has 1 N–H and O–H groups in total. The number of aryl methyl sites for hydroxylation is 1. The molecule has 1 fully saturated rings. The number of fused-ring (bicyclic) bond motifs is 1. The van der Waals surface area contributed by atoms with Crippen molar-refractivity contribution in [3.05, 3.63) is 34.0 Å². The molecule has 1 saturated heterocycles. The molecule has 1 aliphatic heterocycles. The Labute approximate surface area is 161 Å². The fourth-order valence-corrected chi connectivity index (χ4v) is 3.86. The van der Waals surface area contributed by atoms with Crippen molar-refractivity contribution in [3.8, 4) is 0 Å². The van der Waals surface area contributed by atoms with Crippen molar-refractivity contribution in [3.63, 3.8) is 0 Å². The van der Waals surface area contributed by atoms with Gasteiger partial charge in [-0.25, -0.2) is 4.98 Å². The highest BCUT2D eigenvalue weighted by Gasteiger charge is 2.29. The molecule has 3 aromatic rings. The molecule has 0 aliphatic carbocycles. The first-order valence-corrected chi connectivity index (χ1v) is 9.87. The lowest BCUT2D eigenvalue weighted by atomic mass is 9.96. The van der Waals surface area contributed by atoms with Gasteiger partial charge in [-0.05, 0) is 19.1 Å². The van der Waals surface area contributed by atoms with Crippen molar-refractivity contribution < 1.29 is 4.79 Å². The average Bonchev–Trinajstić information content (AvgIpc) is 3.18. The van der Waals surface area contributed by atoms with E-state index in [1.807, 2.05) is 23.6 Å². The van der Waals surface area contributed by atoms with Gasteiger partial charge in [-0.3, -0.25) is 4.79 Å². The second-order valence-corrected chi connectivity index (χ2v) is 8.84. The molecule has 8 nitrogen and oxygen atoms in total. The zero-order valence-corrected chi connectivity index (χ0v) is 16.7. The predicted molar refractivity (Wildman–Crippen MR) is 104 cm³/mol. The normalized spacial score (nSPS) is 15.2. The van der Waals surface area contributed by atoms with Crippen LogP contribution in [0.2, 0.25) is 0 Å². The van der Waals surface area contributed by atoms with Crippen LogP contribution in [0, 0.1) is 12.8 Å². The number of hydrogen-bond donors (Lipinski definition) is 1. The van der Waals surface area contributed by atoms with Crippen LogP contribution < -0.4 is 10.2 Å². The summed E-state index contributed by atoms with van der Waals surface area (Å²) in [7, 11) is 0. The molecular weight excluding hydrogens is 362 g/mol. The van der Waals surface area contributed by atoms with Gasteiger partial charge in [-0.15, -0.1) is 26.6 Å². The summed E-state index contributed by atoms with van der Waals surface area (Å²) in [5.41, 5.74) is 3.12. The topological polar surface area (TPSA) is 88.3 Å². The molecule has 0 radical (unpaired) electrons. The maximum atomic E-state index is 12.2. The van der Waals surface area contributed by atoms with Crippen LogP contribution in [0.25, 0.3) is 5.65 Å². The number of carbonyl (C=O) groups excluding carboxylic acids is 1. The molecule has 4 rings (SSSR count). The minimum absolute atomic E-state index is 0.0349. The summed E-state index contributed by atoms with van der Waals surface area (Å²) in [5, 5.41) is 16.2. The van der Waals surface area contributed by atoms with Crippen LogP contribution >= 0.6 is 11.3 Å². The van der Waals surface area contributed by atoms with Crippen molar-refractivity contribution in [1.29, 1.82) is 0 Å². The van der Waals surface area contributed by atoms with E-state index in [9.17, 15) is 4.79 Å². The molecule has 0 aromatic carbocycles. The second-order valence-electron chi connectivity index (χ2n) is 7.98. The summed E-state index contributed by atoms with van der Waals surface area (Å²) in [6, 6.07) is 3.93. The lowest BCUT2D eigenvalue weighted by Crippen LogP contribution is -2.52. The Morgan fingerprint density at radius 3 is 2.74 bits per heavy atom. The number of rotatable bonds is 4. The number of nitrogens with zero attached hydrogens (tertiary/aromatic N) is 6. The van der Waals surface area contributed by atoms with E-state index in [4.69, 9.17) is 5.10 Å². The smallest absolute Gasteiger partial charge is 0.263 e. The fourth-order valence-electron chi connectivity index (χ4n) is 3.14. The van der Waals surface area contributed by atoms with Crippen molar-refractivity contribution in [2.24, 2.45) is 5.92 Å². The first-order chi connectivity index (χ1) is 12.8. The molecule has 0 bridgehead atoms. The van der Waals surface area contributed by atoms with Crippen molar-refractivity contribution in [2.45, 2.75) is 33.1 Å². The molecule has 9 heteroatoms. The van der Waals surface area contributed by atoms with Gasteiger partial charge in [0.05, 0.1) is 11.2 Å². The van der Waals surface area contributed by atoms with E-state index in [0.717, 1.165) is 36.1 Å². The molecule has 0 saturated carbocycles. The van der Waals surface area contributed by atoms with Crippen LogP contribution in [-0.2, 0) is 5.41 Å².